The van der Waals surface area contributed by atoms with Gasteiger partial charge in [0.1, 0.15) is 5.69 Å². The highest BCUT2D eigenvalue weighted by molar-refractivity contribution is 5.94. The van der Waals surface area contributed by atoms with E-state index in [0.717, 1.165) is 18.4 Å². The normalized spacial score (nSPS) is 25.3. The number of rotatable bonds is 4. The lowest BCUT2D eigenvalue weighted by Gasteiger charge is -2.35. The van der Waals surface area contributed by atoms with Gasteiger partial charge in [0.15, 0.2) is 0 Å². The Morgan fingerprint density at radius 3 is 2.67 bits per heavy atom. The minimum atomic E-state index is -0.829. The van der Waals surface area contributed by atoms with Crippen molar-refractivity contribution >= 4 is 11.9 Å². The number of carbonyl (C=O) groups is 2. The number of aryl methyl sites for hydroxylation is 1. The van der Waals surface area contributed by atoms with Crippen LogP contribution in [0.15, 0.2) is 18.3 Å². The molecule has 0 unspecified atom stereocenters. The molecule has 2 rings (SSSR count). The molecular formula is C16H22N2O3. The van der Waals surface area contributed by atoms with Crippen LogP contribution in [0.1, 0.15) is 48.7 Å². The summed E-state index contributed by atoms with van der Waals surface area (Å²) in [4.78, 5) is 27.9. The van der Waals surface area contributed by atoms with Gasteiger partial charge in [0.05, 0.1) is 5.41 Å². The largest absolute Gasteiger partial charge is 0.481 e. The third-order valence-electron chi connectivity index (χ3n) is 4.50. The number of aromatic nitrogens is 1. The van der Waals surface area contributed by atoms with E-state index in [9.17, 15) is 14.7 Å². The topological polar surface area (TPSA) is 79.3 Å². The van der Waals surface area contributed by atoms with E-state index in [0.29, 0.717) is 24.5 Å². The fraction of sp³-hybridized carbons (Fsp3) is 0.562. The molecular weight excluding hydrogens is 268 g/mol. The van der Waals surface area contributed by atoms with Crippen molar-refractivity contribution in [2.75, 3.05) is 6.54 Å². The van der Waals surface area contributed by atoms with Crippen LogP contribution >= 0.6 is 0 Å². The van der Waals surface area contributed by atoms with Gasteiger partial charge in [-0.15, -0.1) is 0 Å². The fourth-order valence-electron chi connectivity index (χ4n) is 2.84. The highest BCUT2D eigenvalue weighted by Gasteiger charge is 2.41. The number of carboxylic acids is 1. The predicted molar refractivity (Wildman–Crippen MR) is 79.0 cm³/mol. The van der Waals surface area contributed by atoms with E-state index in [2.05, 4.69) is 17.2 Å². The van der Waals surface area contributed by atoms with Crippen LogP contribution < -0.4 is 5.32 Å². The summed E-state index contributed by atoms with van der Waals surface area (Å²) in [6.45, 7) is 4.13. The zero-order valence-corrected chi connectivity index (χ0v) is 12.6. The number of amides is 1. The Labute approximate surface area is 124 Å². The van der Waals surface area contributed by atoms with Crippen LogP contribution in [0.3, 0.4) is 0 Å². The van der Waals surface area contributed by atoms with E-state index >= 15 is 0 Å². The van der Waals surface area contributed by atoms with Crippen molar-refractivity contribution in [2.45, 2.75) is 39.5 Å². The molecule has 0 aliphatic heterocycles. The number of nitrogens with one attached hydrogen (secondary N) is 1. The standard InChI is InChI=1S/C16H22N2O3/c1-11-5-7-16(8-6-11,15(20)21)10-18-14(19)13-12(2)4-3-9-17-13/h3-4,9,11H,5-8,10H2,1-2H3,(H,18,19)(H,20,21). The second-order valence-corrected chi connectivity index (χ2v) is 6.12. The lowest BCUT2D eigenvalue weighted by Crippen LogP contribution is -2.45. The van der Waals surface area contributed by atoms with E-state index in [-0.39, 0.29) is 12.5 Å². The van der Waals surface area contributed by atoms with Crippen LogP contribution in [0.2, 0.25) is 0 Å². The first-order valence-corrected chi connectivity index (χ1v) is 7.38. The molecule has 1 aromatic heterocycles. The molecule has 1 aromatic rings. The molecule has 5 heteroatoms. The molecule has 0 bridgehead atoms. The summed E-state index contributed by atoms with van der Waals surface area (Å²) in [5.74, 6) is -0.550. The van der Waals surface area contributed by atoms with Gasteiger partial charge in [-0.2, -0.15) is 0 Å². The molecule has 0 aromatic carbocycles. The summed E-state index contributed by atoms with van der Waals surface area (Å²) >= 11 is 0. The Hall–Kier alpha value is -1.91. The molecule has 0 radical (unpaired) electrons. The Bertz CT molecular complexity index is 534. The maximum atomic E-state index is 12.2. The molecule has 1 heterocycles. The van der Waals surface area contributed by atoms with Crippen LogP contribution in [0, 0.1) is 18.3 Å². The summed E-state index contributed by atoms with van der Waals surface area (Å²) in [6, 6.07) is 3.59. The van der Waals surface area contributed by atoms with Crippen molar-refractivity contribution in [3.05, 3.63) is 29.6 Å². The zero-order valence-electron chi connectivity index (χ0n) is 12.6. The average Bonchev–Trinajstić information content (AvgIpc) is 2.47. The van der Waals surface area contributed by atoms with Gasteiger partial charge in [-0.05, 0) is 50.2 Å². The van der Waals surface area contributed by atoms with E-state index < -0.39 is 11.4 Å². The summed E-state index contributed by atoms with van der Waals surface area (Å²) < 4.78 is 0. The molecule has 1 aliphatic carbocycles. The van der Waals surface area contributed by atoms with Gasteiger partial charge in [0.25, 0.3) is 5.91 Å². The molecule has 114 valence electrons. The first kappa shape index (κ1) is 15.5. The van der Waals surface area contributed by atoms with Gasteiger partial charge in [0, 0.05) is 12.7 Å². The summed E-state index contributed by atoms with van der Waals surface area (Å²) in [6.07, 6.45) is 4.59. The van der Waals surface area contributed by atoms with Crippen molar-refractivity contribution in [1.29, 1.82) is 0 Å². The Morgan fingerprint density at radius 2 is 2.10 bits per heavy atom. The van der Waals surface area contributed by atoms with Gasteiger partial charge in [-0.3, -0.25) is 14.6 Å². The molecule has 0 atom stereocenters. The molecule has 0 saturated heterocycles. The SMILES string of the molecule is Cc1cccnc1C(=O)NCC1(C(=O)O)CCC(C)CC1. The number of nitrogens with zero attached hydrogens (tertiary/aromatic N) is 1. The smallest absolute Gasteiger partial charge is 0.311 e. The molecule has 2 N–H and O–H groups in total. The predicted octanol–water partition coefficient (Wildman–Crippen LogP) is 2.40. The van der Waals surface area contributed by atoms with Gasteiger partial charge in [-0.25, -0.2) is 0 Å². The van der Waals surface area contributed by atoms with Crippen molar-refractivity contribution < 1.29 is 14.7 Å². The van der Waals surface area contributed by atoms with E-state index in [1.54, 1.807) is 12.3 Å². The summed E-state index contributed by atoms with van der Waals surface area (Å²) in [5, 5.41) is 12.3. The van der Waals surface area contributed by atoms with E-state index in [1.165, 1.54) is 0 Å². The molecule has 1 saturated carbocycles. The number of carbonyl (C=O) groups excluding carboxylic acids is 1. The molecule has 1 fully saturated rings. The third-order valence-corrected chi connectivity index (χ3v) is 4.50. The minimum absolute atomic E-state index is 0.171. The van der Waals surface area contributed by atoms with Crippen molar-refractivity contribution in [2.24, 2.45) is 11.3 Å². The lowest BCUT2D eigenvalue weighted by molar-refractivity contribution is -0.151. The highest BCUT2D eigenvalue weighted by Crippen LogP contribution is 2.38. The van der Waals surface area contributed by atoms with Crippen LogP contribution in [0.5, 0.6) is 0 Å². The van der Waals surface area contributed by atoms with Crippen LogP contribution in [0.4, 0.5) is 0 Å². The number of carboxylic acid groups (broad SMARTS) is 1. The second-order valence-electron chi connectivity index (χ2n) is 6.12. The molecule has 0 spiro atoms. The average molecular weight is 290 g/mol. The first-order chi connectivity index (χ1) is 9.94. The minimum Gasteiger partial charge on any atom is -0.481 e. The molecule has 1 aliphatic rings. The molecule has 1 amide bonds. The monoisotopic (exact) mass is 290 g/mol. The van der Waals surface area contributed by atoms with Crippen LogP contribution in [-0.2, 0) is 4.79 Å². The van der Waals surface area contributed by atoms with Gasteiger partial charge < -0.3 is 10.4 Å². The maximum Gasteiger partial charge on any atom is 0.311 e. The van der Waals surface area contributed by atoms with Gasteiger partial charge in [0.2, 0.25) is 0 Å². The van der Waals surface area contributed by atoms with Gasteiger partial charge in [-0.1, -0.05) is 13.0 Å². The highest BCUT2D eigenvalue weighted by atomic mass is 16.4. The maximum absolute atomic E-state index is 12.2. The van der Waals surface area contributed by atoms with E-state index in [4.69, 9.17) is 0 Å². The Balaban J connectivity index is 2.04. The summed E-state index contributed by atoms with van der Waals surface area (Å²) in [7, 11) is 0. The fourth-order valence-corrected chi connectivity index (χ4v) is 2.84. The summed E-state index contributed by atoms with van der Waals surface area (Å²) in [5.41, 5.74) is 0.323. The first-order valence-electron chi connectivity index (χ1n) is 7.38. The van der Waals surface area contributed by atoms with Gasteiger partial charge >= 0.3 is 5.97 Å². The Morgan fingerprint density at radius 1 is 1.43 bits per heavy atom. The Kier molecular flexibility index (Phi) is 4.60. The quantitative estimate of drug-likeness (QED) is 0.892. The van der Waals surface area contributed by atoms with Crippen LogP contribution in [0.25, 0.3) is 0 Å². The lowest BCUT2D eigenvalue weighted by atomic mass is 9.71. The number of hydrogen-bond donors (Lipinski definition) is 2. The number of pyridine rings is 1. The third kappa shape index (κ3) is 3.40. The van der Waals surface area contributed by atoms with E-state index in [1.807, 2.05) is 13.0 Å². The van der Waals surface area contributed by atoms with Crippen LogP contribution in [-0.4, -0.2) is 28.5 Å². The second kappa shape index (κ2) is 6.24. The molecule has 5 nitrogen and oxygen atoms in total. The molecule has 21 heavy (non-hydrogen) atoms. The van der Waals surface area contributed by atoms with Crippen molar-refractivity contribution in [1.82, 2.24) is 10.3 Å². The zero-order chi connectivity index (χ0) is 15.5. The van der Waals surface area contributed by atoms with Crippen molar-refractivity contribution in [3.8, 4) is 0 Å². The number of aliphatic carboxylic acids is 1. The van der Waals surface area contributed by atoms with Crippen molar-refractivity contribution in [3.63, 3.8) is 0 Å². The number of hydrogen-bond acceptors (Lipinski definition) is 3.